The van der Waals surface area contributed by atoms with Crippen molar-refractivity contribution < 1.29 is 9.53 Å². The lowest BCUT2D eigenvalue weighted by Crippen LogP contribution is -2.33. The van der Waals surface area contributed by atoms with Crippen LogP contribution in [0.25, 0.3) is 0 Å². The lowest BCUT2D eigenvalue weighted by atomic mass is 9.99. The number of carbonyl (C=O) groups is 1. The summed E-state index contributed by atoms with van der Waals surface area (Å²) in [5.41, 5.74) is 2.87. The predicted octanol–water partition coefficient (Wildman–Crippen LogP) is 4.70. The second-order valence-electron chi connectivity index (χ2n) is 8.46. The van der Waals surface area contributed by atoms with E-state index >= 15 is 0 Å². The summed E-state index contributed by atoms with van der Waals surface area (Å²) in [5.74, 6) is 2.19. The summed E-state index contributed by atoms with van der Waals surface area (Å²) < 4.78 is 5.82. The lowest BCUT2D eigenvalue weighted by molar-refractivity contribution is 0.0950. The van der Waals surface area contributed by atoms with Gasteiger partial charge in [-0.3, -0.25) is 4.79 Å². The third kappa shape index (κ3) is 5.89. The maximum Gasteiger partial charge on any atom is 0.251 e. The summed E-state index contributed by atoms with van der Waals surface area (Å²) in [6.45, 7) is 5.06. The Morgan fingerprint density at radius 1 is 1.15 bits per heavy atom. The molecule has 6 nitrogen and oxygen atoms in total. The molecule has 6 heteroatoms. The minimum absolute atomic E-state index is 0.174. The molecule has 0 radical (unpaired) electrons. The highest BCUT2D eigenvalue weighted by Gasteiger charge is 2.16. The van der Waals surface area contributed by atoms with E-state index in [-0.39, 0.29) is 12.5 Å². The van der Waals surface area contributed by atoms with E-state index < -0.39 is 0 Å². The Morgan fingerprint density at radius 2 is 1.97 bits per heavy atom. The van der Waals surface area contributed by atoms with Gasteiger partial charge in [0.25, 0.3) is 5.91 Å². The Balaban J connectivity index is 1.31. The number of hydrogen-bond donors (Lipinski definition) is 1. The Bertz CT molecular complexity index is 1130. The van der Waals surface area contributed by atoms with Crippen LogP contribution in [-0.2, 0) is 13.2 Å². The normalized spacial score (nSPS) is 13.9. The first kappa shape index (κ1) is 22.3. The topological polar surface area (TPSA) is 78.3 Å². The van der Waals surface area contributed by atoms with Crippen LogP contribution in [0.3, 0.4) is 0 Å². The van der Waals surface area contributed by atoms with Gasteiger partial charge < -0.3 is 15.0 Å². The van der Waals surface area contributed by atoms with E-state index in [0.717, 1.165) is 36.0 Å². The van der Waals surface area contributed by atoms with Gasteiger partial charge in [0.2, 0.25) is 0 Å². The van der Waals surface area contributed by atoms with Crippen LogP contribution < -0.4 is 15.0 Å². The van der Waals surface area contributed by atoms with Gasteiger partial charge in [-0.2, -0.15) is 5.26 Å². The third-order valence-corrected chi connectivity index (χ3v) is 6.00. The molecule has 3 aromatic rings. The molecule has 4 rings (SSSR count). The molecule has 1 aliphatic heterocycles. The number of nitriles is 1. The van der Waals surface area contributed by atoms with E-state index in [1.54, 1.807) is 30.3 Å². The molecule has 1 amide bonds. The molecule has 1 aromatic heterocycles. The van der Waals surface area contributed by atoms with Gasteiger partial charge >= 0.3 is 0 Å². The van der Waals surface area contributed by atoms with E-state index in [0.29, 0.717) is 23.4 Å². The van der Waals surface area contributed by atoms with E-state index in [1.165, 1.54) is 12.8 Å². The molecule has 1 fully saturated rings. The molecule has 1 saturated heterocycles. The number of piperidine rings is 1. The highest BCUT2D eigenvalue weighted by Crippen LogP contribution is 2.21. The van der Waals surface area contributed by atoms with Crippen LogP contribution in [0.5, 0.6) is 5.75 Å². The van der Waals surface area contributed by atoms with Crippen molar-refractivity contribution in [1.29, 1.82) is 5.26 Å². The molecule has 0 atom stereocenters. The molecule has 33 heavy (non-hydrogen) atoms. The van der Waals surface area contributed by atoms with Gasteiger partial charge in [-0.25, -0.2) is 4.98 Å². The number of anilines is 1. The van der Waals surface area contributed by atoms with Crippen LogP contribution in [-0.4, -0.2) is 24.0 Å². The van der Waals surface area contributed by atoms with Crippen LogP contribution >= 0.6 is 0 Å². The number of hydrogen-bond acceptors (Lipinski definition) is 5. The van der Waals surface area contributed by atoms with Crippen molar-refractivity contribution in [3.63, 3.8) is 0 Å². The fourth-order valence-corrected chi connectivity index (χ4v) is 3.87. The van der Waals surface area contributed by atoms with Crippen LogP contribution in [0.2, 0.25) is 0 Å². The molecular formula is C27H28N4O2. The van der Waals surface area contributed by atoms with Gasteiger partial charge in [-0.1, -0.05) is 37.3 Å². The molecule has 1 N–H and O–H groups in total. The first-order valence-electron chi connectivity index (χ1n) is 11.3. The Kier molecular flexibility index (Phi) is 7.21. The smallest absolute Gasteiger partial charge is 0.251 e. The summed E-state index contributed by atoms with van der Waals surface area (Å²) in [6.07, 6.45) is 4.24. The average molecular weight is 441 g/mol. The third-order valence-electron chi connectivity index (χ3n) is 6.00. The molecular weight excluding hydrogens is 412 g/mol. The van der Waals surface area contributed by atoms with Gasteiger partial charge in [0.15, 0.2) is 0 Å². The summed E-state index contributed by atoms with van der Waals surface area (Å²) >= 11 is 0. The molecule has 168 valence electrons. The minimum atomic E-state index is -0.174. The largest absolute Gasteiger partial charge is 0.489 e. The second kappa shape index (κ2) is 10.6. The summed E-state index contributed by atoms with van der Waals surface area (Å²) in [6, 6.07) is 20.6. The van der Waals surface area contributed by atoms with Crippen molar-refractivity contribution in [2.75, 3.05) is 18.0 Å². The number of rotatable bonds is 7. The van der Waals surface area contributed by atoms with Gasteiger partial charge in [0, 0.05) is 37.0 Å². The number of amides is 1. The zero-order chi connectivity index (χ0) is 23.0. The SMILES string of the molecule is CC1CCN(c2ccc(CNC(=O)c3cccc(OCc4ccccc4C#N)c3)cn2)CC1. The van der Waals surface area contributed by atoms with Crippen LogP contribution in [0.4, 0.5) is 5.82 Å². The van der Waals surface area contributed by atoms with Crippen molar-refractivity contribution in [3.8, 4) is 11.8 Å². The maximum absolute atomic E-state index is 12.7. The fourth-order valence-electron chi connectivity index (χ4n) is 3.87. The molecule has 0 aliphatic carbocycles. The fraction of sp³-hybridized carbons (Fsp3) is 0.296. The van der Waals surface area contributed by atoms with Crippen LogP contribution in [0.1, 0.15) is 46.8 Å². The predicted molar refractivity (Wildman–Crippen MR) is 128 cm³/mol. The number of carbonyl (C=O) groups excluding carboxylic acids is 1. The number of pyridine rings is 1. The number of benzene rings is 2. The summed E-state index contributed by atoms with van der Waals surface area (Å²) in [5, 5.41) is 12.2. The van der Waals surface area contributed by atoms with E-state index in [9.17, 15) is 10.1 Å². The first-order chi connectivity index (χ1) is 16.1. The van der Waals surface area contributed by atoms with Gasteiger partial charge in [0.05, 0.1) is 11.6 Å². The number of ether oxygens (including phenoxy) is 1. The molecule has 0 bridgehead atoms. The van der Waals surface area contributed by atoms with Gasteiger partial charge in [-0.05, 0) is 54.7 Å². The molecule has 2 heterocycles. The van der Waals surface area contributed by atoms with Crippen molar-refractivity contribution in [1.82, 2.24) is 10.3 Å². The Morgan fingerprint density at radius 3 is 2.73 bits per heavy atom. The van der Waals surface area contributed by atoms with E-state index in [4.69, 9.17) is 4.74 Å². The zero-order valence-electron chi connectivity index (χ0n) is 18.8. The van der Waals surface area contributed by atoms with Gasteiger partial charge in [-0.15, -0.1) is 0 Å². The minimum Gasteiger partial charge on any atom is -0.489 e. The van der Waals surface area contributed by atoms with Crippen LogP contribution in [0, 0.1) is 17.2 Å². The average Bonchev–Trinajstić information content (AvgIpc) is 2.87. The number of nitrogens with one attached hydrogen (secondary N) is 1. The molecule has 0 unspecified atom stereocenters. The summed E-state index contributed by atoms with van der Waals surface area (Å²) in [7, 11) is 0. The van der Waals surface area contributed by atoms with E-state index in [2.05, 4.69) is 28.2 Å². The van der Waals surface area contributed by atoms with Gasteiger partial charge in [0.1, 0.15) is 18.2 Å². The highest BCUT2D eigenvalue weighted by atomic mass is 16.5. The van der Waals surface area contributed by atoms with Crippen molar-refractivity contribution in [2.24, 2.45) is 5.92 Å². The van der Waals surface area contributed by atoms with Crippen molar-refractivity contribution >= 4 is 11.7 Å². The monoisotopic (exact) mass is 440 g/mol. The van der Waals surface area contributed by atoms with Crippen LogP contribution in [0.15, 0.2) is 66.9 Å². The Labute approximate surface area is 194 Å². The first-order valence-corrected chi connectivity index (χ1v) is 11.3. The number of nitrogens with zero attached hydrogens (tertiary/aromatic N) is 3. The molecule has 0 spiro atoms. The summed E-state index contributed by atoms with van der Waals surface area (Å²) in [4.78, 5) is 19.6. The quantitative estimate of drug-likeness (QED) is 0.576. The Hall–Kier alpha value is -3.85. The maximum atomic E-state index is 12.7. The molecule has 1 aliphatic rings. The van der Waals surface area contributed by atoms with E-state index in [1.807, 2.05) is 36.5 Å². The number of aromatic nitrogens is 1. The standard InChI is InChI=1S/C27H28N4O2/c1-20-11-13-31(14-12-20)26-10-9-21(17-29-26)18-30-27(32)22-7-4-8-25(15-22)33-19-24-6-3-2-5-23(24)16-28/h2-10,15,17,20H,11-14,18-19H2,1H3,(H,30,32). The molecule has 0 saturated carbocycles. The zero-order valence-corrected chi connectivity index (χ0v) is 18.8. The lowest BCUT2D eigenvalue weighted by Gasteiger charge is -2.31. The molecule has 2 aromatic carbocycles. The van der Waals surface area contributed by atoms with Crippen molar-refractivity contribution in [2.45, 2.75) is 32.9 Å². The van der Waals surface area contributed by atoms with Crippen molar-refractivity contribution in [3.05, 3.63) is 89.1 Å². The highest BCUT2D eigenvalue weighted by molar-refractivity contribution is 5.94. The second-order valence-corrected chi connectivity index (χ2v) is 8.46.